The molecule has 0 aliphatic carbocycles. The first-order valence-electron chi connectivity index (χ1n) is 6.35. The van der Waals surface area contributed by atoms with Crippen molar-refractivity contribution in [3.63, 3.8) is 0 Å². The molecule has 1 heterocycles. The summed E-state index contributed by atoms with van der Waals surface area (Å²) in [6, 6.07) is 6.77. The van der Waals surface area contributed by atoms with Gasteiger partial charge in [-0.3, -0.25) is 4.79 Å². The van der Waals surface area contributed by atoms with Crippen LogP contribution in [0.15, 0.2) is 30.3 Å². The summed E-state index contributed by atoms with van der Waals surface area (Å²) >= 11 is 40.2. The van der Waals surface area contributed by atoms with E-state index in [4.69, 9.17) is 81.2 Å². The molecular weight excluding hydrogens is 474 g/mol. The average Bonchev–Trinajstić information content (AvgIpc) is 2.51. The average molecular weight is 480 g/mol. The highest BCUT2D eigenvalue weighted by atomic mass is 35.6. The maximum atomic E-state index is 10.7. The quantitative estimate of drug-likeness (QED) is 0.309. The standard InChI is InChI=1S/C14H6Cl7N3O/c15-9(25)6-3-7-1-4-8(5-2-7)10-22-11(13(16,17)18)24-12(23-10)14(19,20)21/h1-6H/b6-3+. The van der Waals surface area contributed by atoms with Crippen LogP contribution in [-0.4, -0.2) is 20.2 Å². The first-order chi connectivity index (χ1) is 11.5. The molecule has 1 aromatic heterocycles. The number of allylic oxidation sites excluding steroid dienone is 1. The molecule has 0 atom stereocenters. The number of nitrogens with zero attached hydrogens (tertiary/aromatic N) is 3. The molecule has 25 heavy (non-hydrogen) atoms. The highest BCUT2D eigenvalue weighted by Crippen LogP contribution is 2.40. The molecule has 0 N–H and O–H groups in total. The van der Waals surface area contributed by atoms with Gasteiger partial charge in [0.2, 0.25) is 12.8 Å². The SMILES string of the molecule is O=C(Cl)/C=C/c1ccc(-c2nc(C(Cl)(Cl)Cl)nc(C(Cl)(Cl)Cl)n2)cc1. The summed E-state index contributed by atoms with van der Waals surface area (Å²) in [5.41, 5.74) is 1.29. The number of aromatic nitrogens is 3. The van der Waals surface area contributed by atoms with E-state index in [0.717, 1.165) is 5.56 Å². The minimum atomic E-state index is -1.92. The maximum Gasteiger partial charge on any atom is 0.250 e. The van der Waals surface area contributed by atoms with Gasteiger partial charge in [-0.25, -0.2) is 15.0 Å². The lowest BCUT2D eigenvalue weighted by Crippen LogP contribution is -2.16. The lowest BCUT2D eigenvalue weighted by atomic mass is 10.1. The highest BCUT2D eigenvalue weighted by Gasteiger charge is 2.33. The molecule has 0 spiro atoms. The van der Waals surface area contributed by atoms with Crippen LogP contribution in [0.4, 0.5) is 0 Å². The van der Waals surface area contributed by atoms with Gasteiger partial charge in [-0.05, 0) is 23.2 Å². The topological polar surface area (TPSA) is 55.7 Å². The van der Waals surface area contributed by atoms with Gasteiger partial charge in [-0.1, -0.05) is 99.9 Å². The first kappa shape index (κ1) is 21.0. The Balaban J connectivity index is 2.49. The molecule has 11 heteroatoms. The molecule has 4 nitrogen and oxygen atoms in total. The van der Waals surface area contributed by atoms with Crippen molar-refractivity contribution < 1.29 is 4.79 Å². The van der Waals surface area contributed by atoms with Gasteiger partial charge < -0.3 is 0 Å². The van der Waals surface area contributed by atoms with Crippen LogP contribution in [0.2, 0.25) is 0 Å². The predicted octanol–water partition coefficient (Wildman–Crippen LogP) is 5.97. The maximum absolute atomic E-state index is 10.7. The molecule has 0 aliphatic heterocycles. The van der Waals surface area contributed by atoms with Crippen LogP contribution < -0.4 is 0 Å². The lowest BCUT2D eigenvalue weighted by Gasteiger charge is -2.15. The van der Waals surface area contributed by atoms with Crippen molar-refractivity contribution >= 4 is 92.5 Å². The Morgan fingerprint density at radius 3 is 1.72 bits per heavy atom. The molecule has 132 valence electrons. The van der Waals surface area contributed by atoms with Gasteiger partial charge in [0, 0.05) is 5.56 Å². The summed E-state index contributed by atoms with van der Waals surface area (Å²) in [4.78, 5) is 22.8. The van der Waals surface area contributed by atoms with Gasteiger partial charge >= 0.3 is 0 Å². The Hall–Kier alpha value is -0.330. The number of carbonyl (C=O) groups is 1. The zero-order valence-corrected chi connectivity index (χ0v) is 17.2. The largest absolute Gasteiger partial charge is 0.276 e. The van der Waals surface area contributed by atoms with E-state index in [1.54, 1.807) is 30.3 Å². The summed E-state index contributed by atoms with van der Waals surface area (Å²) in [7, 11) is 0. The van der Waals surface area contributed by atoms with Crippen molar-refractivity contribution in [3.8, 4) is 11.4 Å². The molecule has 0 aliphatic rings. The molecule has 0 saturated carbocycles. The van der Waals surface area contributed by atoms with Crippen molar-refractivity contribution in [2.45, 2.75) is 7.59 Å². The van der Waals surface area contributed by atoms with E-state index in [2.05, 4.69) is 15.0 Å². The summed E-state index contributed by atoms with van der Waals surface area (Å²) in [5.74, 6) is -0.206. The Bertz CT molecular complexity index is 778. The van der Waals surface area contributed by atoms with E-state index < -0.39 is 12.8 Å². The zero-order valence-electron chi connectivity index (χ0n) is 11.9. The molecule has 2 rings (SSSR count). The first-order valence-corrected chi connectivity index (χ1v) is 9.00. The van der Waals surface area contributed by atoms with E-state index in [1.807, 2.05) is 0 Å². The summed E-state index contributed by atoms with van der Waals surface area (Å²) in [6.45, 7) is 0. The number of halogens is 7. The summed E-state index contributed by atoms with van der Waals surface area (Å²) in [6.07, 6.45) is 2.77. The molecule has 0 fully saturated rings. The smallest absolute Gasteiger partial charge is 0.250 e. The third kappa shape index (κ3) is 6.10. The Morgan fingerprint density at radius 2 is 1.32 bits per heavy atom. The van der Waals surface area contributed by atoms with Crippen molar-refractivity contribution in [2.24, 2.45) is 0 Å². The van der Waals surface area contributed by atoms with Gasteiger partial charge in [0.25, 0.3) is 0 Å². The molecule has 0 amide bonds. The summed E-state index contributed by atoms with van der Waals surface area (Å²) in [5, 5.41) is -0.582. The molecule has 1 aromatic carbocycles. The van der Waals surface area contributed by atoms with Crippen molar-refractivity contribution in [2.75, 3.05) is 0 Å². The van der Waals surface area contributed by atoms with E-state index >= 15 is 0 Å². The molecule has 0 bridgehead atoms. The number of hydrogen-bond donors (Lipinski definition) is 0. The second-order valence-corrected chi connectivity index (χ2v) is 9.50. The number of carbonyl (C=O) groups excluding carboxylic acids is 1. The Labute approximate surface area is 178 Å². The van der Waals surface area contributed by atoms with Gasteiger partial charge in [-0.15, -0.1) is 0 Å². The van der Waals surface area contributed by atoms with E-state index in [9.17, 15) is 4.79 Å². The van der Waals surface area contributed by atoms with Crippen molar-refractivity contribution in [1.82, 2.24) is 15.0 Å². The van der Waals surface area contributed by atoms with Gasteiger partial charge in [0.05, 0.1) is 0 Å². The van der Waals surface area contributed by atoms with Crippen LogP contribution in [0.25, 0.3) is 17.5 Å². The van der Waals surface area contributed by atoms with E-state index in [0.29, 0.717) is 5.56 Å². The lowest BCUT2D eigenvalue weighted by molar-refractivity contribution is -0.107. The van der Waals surface area contributed by atoms with Crippen LogP contribution in [0.3, 0.4) is 0 Å². The third-order valence-corrected chi connectivity index (χ3v) is 3.86. The van der Waals surface area contributed by atoms with E-state index in [1.165, 1.54) is 6.08 Å². The zero-order chi connectivity index (χ0) is 18.8. The van der Waals surface area contributed by atoms with Crippen molar-refractivity contribution in [1.29, 1.82) is 0 Å². The van der Waals surface area contributed by atoms with Crippen LogP contribution in [0.5, 0.6) is 0 Å². The number of rotatable bonds is 3. The second kappa shape index (κ2) is 8.13. The molecule has 0 saturated heterocycles. The minimum Gasteiger partial charge on any atom is -0.276 e. The number of benzene rings is 1. The third-order valence-electron chi connectivity index (χ3n) is 2.72. The highest BCUT2D eigenvalue weighted by molar-refractivity contribution is 6.67. The normalized spacial score (nSPS) is 12.6. The van der Waals surface area contributed by atoms with Crippen LogP contribution >= 0.6 is 81.2 Å². The molecule has 2 aromatic rings. The number of hydrogen-bond acceptors (Lipinski definition) is 4. The monoisotopic (exact) mass is 477 g/mol. The molecule has 0 unspecified atom stereocenters. The van der Waals surface area contributed by atoms with Gasteiger partial charge in [0.1, 0.15) is 0 Å². The van der Waals surface area contributed by atoms with Crippen LogP contribution in [0, 0.1) is 0 Å². The van der Waals surface area contributed by atoms with E-state index in [-0.39, 0.29) is 17.5 Å². The predicted molar refractivity (Wildman–Crippen MR) is 104 cm³/mol. The second-order valence-electron chi connectivity index (χ2n) is 4.56. The van der Waals surface area contributed by atoms with Crippen LogP contribution in [-0.2, 0) is 12.4 Å². The number of alkyl halides is 6. The Morgan fingerprint density at radius 1 is 0.840 bits per heavy atom. The van der Waals surface area contributed by atoms with Crippen LogP contribution in [0.1, 0.15) is 17.2 Å². The fourth-order valence-electron chi connectivity index (χ4n) is 1.66. The molecule has 0 radical (unpaired) electrons. The van der Waals surface area contributed by atoms with Gasteiger partial charge in [0.15, 0.2) is 17.5 Å². The fraction of sp³-hybridized carbons (Fsp3) is 0.143. The minimum absolute atomic E-state index is 0.154. The Kier molecular flexibility index (Phi) is 6.83. The van der Waals surface area contributed by atoms with Crippen molar-refractivity contribution in [3.05, 3.63) is 47.6 Å². The molecular formula is C14H6Cl7N3O. The summed E-state index contributed by atoms with van der Waals surface area (Å²) < 4.78 is -3.85. The van der Waals surface area contributed by atoms with Gasteiger partial charge in [-0.2, -0.15) is 0 Å². The fourth-order valence-corrected chi connectivity index (χ4v) is 2.23.